The molecule has 0 heterocycles. The molecule has 0 aromatic heterocycles. The third-order valence-electron chi connectivity index (χ3n) is 3.94. The minimum atomic E-state index is -0.135. The molecule has 94 valence electrons. The van der Waals surface area contributed by atoms with Gasteiger partial charge < -0.3 is 10.4 Å². The second-order valence-electron chi connectivity index (χ2n) is 5.35. The van der Waals surface area contributed by atoms with E-state index in [-0.39, 0.29) is 6.10 Å². The number of nitrogens with one attached hydrogen (secondary N) is 1. The Labute approximate surface area is 104 Å². The molecule has 1 aromatic carbocycles. The zero-order valence-electron chi connectivity index (χ0n) is 10.8. The summed E-state index contributed by atoms with van der Waals surface area (Å²) in [5, 5.41) is 13.5. The van der Waals surface area contributed by atoms with E-state index in [4.69, 9.17) is 0 Å². The maximum atomic E-state index is 9.89. The highest BCUT2D eigenvalue weighted by Crippen LogP contribution is 2.26. The van der Waals surface area contributed by atoms with Crippen molar-refractivity contribution in [2.75, 3.05) is 0 Å². The minimum Gasteiger partial charge on any atom is -0.393 e. The van der Waals surface area contributed by atoms with Crippen LogP contribution in [0.4, 0.5) is 0 Å². The molecule has 17 heavy (non-hydrogen) atoms. The van der Waals surface area contributed by atoms with Gasteiger partial charge in [-0.1, -0.05) is 37.3 Å². The fraction of sp³-hybridized carbons (Fsp3) is 0.600. The zero-order chi connectivity index (χ0) is 12.3. The van der Waals surface area contributed by atoms with Crippen LogP contribution in [0.2, 0.25) is 0 Å². The van der Waals surface area contributed by atoms with Crippen molar-refractivity contribution in [2.45, 2.75) is 51.3 Å². The Kier molecular flexibility index (Phi) is 4.19. The number of hydrogen-bond acceptors (Lipinski definition) is 2. The van der Waals surface area contributed by atoms with Crippen molar-refractivity contribution in [2.24, 2.45) is 5.92 Å². The molecule has 1 fully saturated rings. The van der Waals surface area contributed by atoms with Gasteiger partial charge in [-0.2, -0.15) is 0 Å². The lowest BCUT2D eigenvalue weighted by Gasteiger charge is -2.33. The summed E-state index contributed by atoms with van der Waals surface area (Å²) in [4.78, 5) is 0. The predicted molar refractivity (Wildman–Crippen MR) is 70.8 cm³/mol. The second kappa shape index (κ2) is 5.65. The van der Waals surface area contributed by atoms with Crippen LogP contribution in [0, 0.1) is 5.92 Å². The van der Waals surface area contributed by atoms with Crippen molar-refractivity contribution in [1.82, 2.24) is 5.32 Å². The Morgan fingerprint density at radius 2 is 1.94 bits per heavy atom. The molecular formula is C15H23NO. The third-order valence-corrected chi connectivity index (χ3v) is 3.94. The Morgan fingerprint density at radius 1 is 1.24 bits per heavy atom. The summed E-state index contributed by atoms with van der Waals surface area (Å²) in [6.45, 7) is 4.33. The largest absolute Gasteiger partial charge is 0.393 e. The van der Waals surface area contributed by atoms with Gasteiger partial charge in [0.1, 0.15) is 0 Å². The normalized spacial score (nSPS) is 31.1. The van der Waals surface area contributed by atoms with Crippen molar-refractivity contribution in [3.8, 4) is 0 Å². The summed E-state index contributed by atoms with van der Waals surface area (Å²) >= 11 is 0. The SMILES string of the molecule is CC(NC1CCC(C)C(O)C1)c1ccccc1. The summed E-state index contributed by atoms with van der Waals surface area (Å²) in [5.74, 6) is 0.458. The van der Waals surface area contributed by atoms with E-state index in [0.717, 1.165) is 12.8 Å². The summed E-state index contributed by atoms with van der Waals surface area (Å²) < 4.78 is 0. The van der Waals surface area contributed by atoms with Crippen molar-refractivity contribution in [1.29, 1.82) is 0 Å². The van der Waals surface area contributed by atoms with E-state index >= 15 is 0 Å². The van der Waals surface area contributed by atoms with Gasteiger partial charge in [-0.3, -0.25) is 0 Å². The number of aliphatic hydroxyl groups is 1. The molecule has 1 aliphatic carbocycles. The lowest BCUT2D eigenvalue weighted by atomic mass is 9.84. The smallest absolute Gasteiger partial charge is 0.0580 e. The van der Waals surface area contributed by atoms with Crippen molar-refractivity contribution in [3.05, 3.63) is 35.9 Å². The van der Waals surface area contributed by atoms with Gasteiger partial charge in [0.05, 0.1) is 6.10 Å². The van der Waals surface area contributed by atoms with Crippen molar-refractivity contribution in [3.63, 3.8) is 0 Å². The molecule has 0 saturated heterocycles. The van der Waals surface area contributed by atoms with E-state index in [1.165, 1.54) is 12.0 Å². The molecule has 1 aliphatic rings. The summed E-state index contributed by atoms with van der Waals surface area (Å²) in [6.07, 6.45) is 3.05. The second-order valence-corrected chi connectivity index (χ2v) is 5.35. The van der Waals surface area contributed by atoms with Crippen molar-refractivity contribution < 1.29 is 5.11 Å². The molecule has 0 aliphatic heterocycles. The number of benzene rings is 1. The first kappa shape index (κ1) is 12.6. The maximum absolute atomic E-state index is 9.89. The molecule has 0 amide bonds. The van der Waals surface area contributed by atoms with Gasteiger partial charge in [-0.05, 0) is 37.7 Å². The van der Waals surface area contributed by atoms with Crippen LogP contribution in [0.15, 0.2) is 30.3 Å². The number of hydrogen-bond donors (Lipinski definition) is 2. The lowest BCUT2D eigenvalue weighted by Crippen LogP contribution is -2.40. The summed E-state index contributed by atoms with van der Waals surface area (Å²) in [7, 11) is 0. The average Bonchev–Trinajstić information content (AvgIpc) is 2.35. The van der Waals surface area contributed by atoms with Crippen LogP contribution in [-0.4, -0.2) is 17.3 Å². The topological polar surface area (TPSA) is 32.3 Å². The van der Waals surface area contributed by atoms with Crippen LogP contribution in [-0.2, 0) is 0 Å². The van der Waals surface area contributed by atoms with E-state index < -0.39 is 0 Å². The Balaban J connectivity index is 1.89. The number of aliphatic hydroxyl groups excluding tert-OH is 1. The van der Waals surface area contributed by atoms with Gasteiger partial charge in [-0.25, -0.2) is 0 Å². The lowest BCUT2D eigenvalue weighted by molar-refractivity contribution is 0.0614. The molecule has 4 atom stereocenters. The van der Waals surface area contributed by atoms with Gasteiger partial charge in [0.15, 0.2) is 0 Å². The van der Waals surface area contributed by atoms with Crippen LogP contribution in [0.5, 0.6) is 0 Å². The van der Waals surface area contributed by atoms with Crippen LogP contribution >= 0.6 is 0 Å². The zero-order valence-corrected chi connectivity index (χ0v) is 10.8. The molecule has 0 bridgehead atoms. The van der Waals surface area contributed by atoms with E-state index in [9.17, 15) is 5.11 Å². The van der Waals surface area contributed by atoms with Gasteiger partial charge >= 0.3 is 0 Å². The van der Waals surface area contributed by atoms with E-state index in [1.807, 2.05) is 6.07 Å². The highest BCUT2D eigenvalue weighted by Gasteiger charge is 2.26. The Morgan fingerprint density at radius 3 is 2.59 bits per heavy atom. The molecule has 0 radical (unpaired) electrons. The van der Waals surface area contributed by atoms with Crippen LogP contribution in [0.25, 0.3) is 0 Å². The first-order valence-corrected chi connectivity index (χ1v) is 6.66. The van der Waals surface area contributed by atoms with E-state index in [1.54, 1.807) is 0 Å². The average molecular weight is 233 g/mol. The molecule has 1 aromatic rings. The highest BCUT2D eigenvalue weighted by atomic mass is 16.3. The molecule has 1 saturated carbocycles. The predicted octanol–water partition coefficient (Wildman–Crippen LogP) is 2.89. The molecule has 4 unspecified atom stereocenters. The molecule has 2 rings (SSSR count). The van der Waals surface area contributed by atoms with Gasteiger partial charge in [0, 0.05) is 12.1 Å². The first-order valence-electron chi connectivity index (χ1n) is 6.66. The van der Waals surface area contributed by atoms with Crippen LogP contribution in [0.1, 0.15) is 44.7 Å². The number of rotatable bonds is 3. The quantitative estimate of drug-likeness (QED) is 0.841. The van der Waals surface area contributed by atoms with E-state index in [0.29, 0.717) is 18.0 Å². The van der Waals surface area contributed by atoms with Gasteiger partial charge in [0.25, 0.3) is 0 Å². The van der Waals surface area contributed by atoms with Gasteiger partial charge in [0.2, 0.25) is 0 Å². The molecule has 2 nitrogen and oxygen atoms in total. The van der Waals surface area contributed by atoms with Crippen LogP contribution < -0.4 is 5.32 Å². The van der Waals surface area contributed by atoms with Gasteiger partial charge in [-0.15, -0.1) is 0 Å². The standard InChI is InChI=1S/C15H23NO/c1-11-8-9-14(10-15(11)17)16-12(2)13-6-4-3-5-7-13/h3-7,11-12,14-17H,8-10H2,1-2H3. The van der Waals surface area contributed by atoms with E-state index in [2.05, 4.69) is 43.4 Å². The maximum Gasteiger partial charge on any atom is 0.0580 e. The monoisotopic (exact) mass is 233 g/mol. The Hall–Kier alpha value is -0.860. The van der Waals surface area contributed by atoms with Crippen molar-refractivity contribution >= 4 is 0 Å². The highest BCUT2D eigenvalue weighted by molar-refractivity contribution is 5.18. The molecular weight excluding hydrogens is 210 g/mol. The third kappa shape index (κ3) is 3.30. The summed E-state index contributed by atoms with van der Waals surface area (Å²) in [6, 6.07) is 11.3. The fourth-order valence-corrected chi connectivity index (χ4v) is 2.64. The fourth-order valence-electron chi connectivity index (χ4n) is 2.64. The molecule has 2 heteroatoms. The summed E-state index contributed by atoms with van der Waals surface area (Å²) in [5.41, 5.74) is 1.32. The minimum absolute atomic E-state index is 0.135. The Bertz CT molecular complexity index is 338. The molecule has 2 N–H and O–H groups in total. The molecule has 0 spiro atoms. The van der Waals surface area contributed by atoms with Crippen LogP contribution in [0.3, 0.4) is 0 Å². The first-order chi connectivity index (χ1) is 8.16.